The van der Waals surface area contributed by atoms with Gasteiger partial charge in [-0.1, -0.05) is 0 Å². The normalized spacial score (nSPS) is 24.9. The van der Waals surface area contributed by atoms with Gasteiger partial charge < -0.3 is 5.32 Å². The Labute approximate surface area is 82.6 Å². The van der Waals surface area contributed by atoms with Crippen molar-refractivity contribution in [1.82, 2.24) is 5.32 Å². The predicted octanol–water partition coefficient (Wildman–Crippen LogP) is 0.0469. The molecule has 1 aliphatic heterocycles. The highest BCUT2D eigenvalue weighted by atomic mass is 19.1. The number of nitro groups is 1. The standard InChI is InChI=1S/C8H5FN2O4/c9-3-1-4-6(5(2-3)11(14)15)10-8(13)7(4)12/h2,4H,1H2,(H,10,13). The van der Waals surface area contributed by atoms with Gasteiger partial charge in [0.25, 0.3) is 11.6 Å². The lowest BCUT2D eigenvalue weighted by Gasteiger charge is -2.11. The zero-order chi connectivity index (χ0) is 11.2. The van der Waals surface area contributed by atoms with E-state index in [2.05, 4.69) is 5.32 Å². The van der Waals surface area contributed by atoms with E-state index in [1.165, 1.54) is 0 Å². The van der Waals surface area contributed by atoms with Gasteiger partial charge in [-0.2, -0.15) is 0 Å². The van der Waals surface area contributed by atoms with Crippen LogP contribution in [-0.4, -0.2) is 16.6 Å². The molecule has 1 unspecified atom stereocenters. The van der Waals surface area contributed by atoms with Gasteiger partial charge in [0.2, 0.25) is 5.78 Å². The van der Waals surface area contributed by atoms with Crippen molar-refractivity contribution in [2.75, 3.05) is 0 Å². The first-order valence-corrected chi connectivity index (χ1v) is 4.10. The first-order chi connectivity index (χ1) is 7.00. The average molecular weight is 212 g/mol. The minimum Gasteiger partial charge on any atom is -0.316 e. The molecule has 0 aromatic heterocycles. The SMILES string of the molecule is O=C1NC2=C([N+](=O)[O-])C=C(F)CC2C1=O. The van der Waals surface area contributed by atoms with Crippen LogP contribution in [0.1, 0.15) is 6.42 Å². The van der Waals surface area contributed by atoms with Crippen LogP contribution in [-0.2, 0) is 9.59 Å². The Bertz CT molecular complexity index is 452. The van der Waals surface area contributed by atoms with Crippen molar-refractivity contribution in [2.45, 2.75) is 6.42 Å². The Hall–Kier alpha value is -2.05. The number of nitrogens with zero attached hydrogens (tertiary/aromatic N) is 1. The second kappa shape index (κ2) is 2.97. The van der Waals surface area contributed by atoms with E-state index in [1.807, 2.05) is 0 Å². The summed E-state index contributed by atoms with van der Waals surface area (Å²) in [7, 11) is 0. The van der Waals surface area contributed by atoms with Gasteiger partial charge in [-0.25, -0.2) is 4.39 Å². The van der Waals surface area contributed by atoms with E-state index < -0.39 is 34.1 Å². The summed E-state index contributed by atoms with van der Waals surface area (Å²) in [5.41, 5.74) is -0.653. The van der Waals surface area contributed by atoms with Gasteiger partial charge >= 0.3 is 0 Å². The van der Waals surface area contributed by atoms with Crippen molar-refractivity contribution >= 4 is 11.7 Å². The number of halogens is 1. The smallest absolute Gasteiger partial charge is 0.292 e. The number of nitrogens with one attached hydrogen (secondary N) is 1. The molecule has 7 heteroatoms. The molecule has 0 aromatic carbocycles. The first kappa shape index (κ1) is 9.50. The van der Waals surface area contributed by atoms with Crippen LogP contribution in [0.3, 0.4) is 0 Å². The van der Waals surface area contributed by atoms with Crippen molar-refractivity contribution < 1.29 is 18.9 Å². The molecule has 1 aliphatic carbocycles. The third-order valence-electron chi connectivity index (χ3n) is 2.30. The molecule has 1 fully saturated rings. The molecule has 6 nitrogen and oxygen atoms in total. The van der Waals surface area contributed by atoms with Crippen LogP contribution in [0.5, 0.6) is 0 Å². The lowest BCUT2D eigenvalue weighted by atomic mass is 9.94. The maximum absolute atomic E-state index is 13.0. The molecule has 2 rings (SSSR count). The topological polar surface area (TPSA) is 89.3 Å². The molecular formula is C8H5FN2O4. The van der Waals surface area contributed by atoms with Crippen LogP contribution in [0.4, 0.5) is 4.39 Å². The number of allylic oxidation sites excluding steroid dienone is 3. The molecule has 0 spiro atoms. The summed E-state index contributed by atoms with van der Waals surface area (Å²) in [5.74, 6) is -3.56. The Morgan fingerprint density at radius 2 is 2.20 bits per heavy atom. The van der Waals surface area contributed by atoms with Crippen molar-refractivity contribution in [3.05, 3.63) is 33.4 Å². The zero-order valence-corrected chi connectivity index (χ0v) is 7.32. The molecule has 0 saturated carbocycles. The third kappa shape index (κ3) is 1.32. The van der Waals surface area contributed by atoms with Gasteiger partial charge in [0.1, 0.15) is 11.5 Å². The fraction of sp³-hybridized carbons (Fsp3) is 0.250. The minimum atomic E-state index is -1.05. The van der Waals surface area contributed by atoms with Crippen LogP contribution < -0.4 is 5.32 Å². The second-order valence-electron chi connectivity index (χ2n) is 3.22. The van der Waals surface area contributed by atoms with Crippen molar-refractivity contribution in [3.8, 4) is 0 Å². The molecule has 0 aromatic rings. The van der Waals surface area contributed by atoms with E-state index in [1.54, 1.807) is 0 Å². The predicted molar refractivity (Wildman–Crippen MR) is 44.5 cm³/mol. The minimum absolute atomic E-state index is 0.101. The number of hydrogen-bond donors (Lipinski definition) is 1. The number of hydrogen-bond acceptors (Lipinski definition) is 4. The molecule has 0 bridgehead atoms. The van der Waals surface area contributed by atoms with Gasteiger partial charge in [0.15, 0.2) is 0 Å². The van der Waals surface area contributed by atoms with Crippen LogP contribution in [0.2, 0.25) is 0 Å². The van der Waals surface area contributed by atoms with Crippen LogP contribution in [0, 0.1) is 16.0 Å². The number of fused-ring (bicyclic) bond motifs is 1. The fourth-order valence-corrected chi connectivity index (χ4v) is 1.63. The number of carbonyl (C=O) groups excluding carboxylic acids is 2. The number of carbonyl (C=O) groups is 2. The average Bonchev–Trinajstić information content (AvgIpc) is 2.43. The Morgan fingerprint density at radius 1 is 1.53 bits per heavy atom. The molecule has 78 valence electrons. The van der Waals surface area contributed by atoms with Gasteiger partial charge in [-0.15, -0.1) is 0 Å². The Kier molecular flexibility index (Phi) is 1.88. The molecule has 1 atom stereocenters. The lowest BCUT2D eigenvalue weighted by molar-refractivity contribution is -0.421. The highest BCUT2D eigenvalue weighted by molar-refractivity contribution is 6.40. The van der Waals surface area contributed by atoms with E-state index >= 15 is 0 Å². The van der Waals surface area contributed by atoms with Crippen molar-refractivity contribution in [2.24, 2.45) is 5.92 Å². The summed E-state index contributed by atoms with van der Waals surface area (Å²) < 4.78 is 13.0. The Balaban J connectivity index is 2.53. The number of rotatable bonds is 1. The number of Topliss-reactive ketones (excluding diaryl/α,β-unsaturated/α-hetero) is 1. The molecule has 1 N–H and O–H groups in total. The van der Waals surface area contributed by atoms with Crippen LogP contribution in [0.25, 0.3) is 0 Å². The van der Waals surface area contributed by atoms with Gasteiger partial charge in [0, 0.05) is 12.5 Å². The summed E-state index contributed by atoms with van der Waals surface area (Å²) in [6, 6.07) is 0. The van der Waals surface area contributed by atoms with Crippen LogP contribution in [0.15, 0.2) is 23.3 Å². The molecule has 15 heavy (non-hydrogen) atoms. The lowest BCUT2D eigenvalue weighted by Crippen LogP contribution is -2.19. The van der Waals surface area contributed by atoms with E-state index in [-0.39, 0.29) is 12.1 Å². The van der Waals surface area contributed by atoms with Gasteiger partial charge in [-0.3, -0.25) is 19.7 Å². The summed E-state index contributed by atoms with van der Waals surface area (Å²) in [6.07, 6.45) is 0.439. The van der Waals surface area contributed by atoms with Crippen LogP contribution >= 0.6 is 0 Å². The molecule has 0 radical (unpaired) electrons. The summed E-state index contributed by atoms with van der Waals surface area (Å²) in [5, 5.41) is 12.6. The summed E-state index contributed by atoms with van der Waals surface area (Å²) in [4.78, 5) is 31.9. The summed E-state index contributed by atoms with van der Waals surface area (Å²) >= 11 is 0. The maximum atomic E-state index is 13.0. The molecule has 1 heterocycles. The van der Waals surface area contributed by atoms with Crippen molar-refractivity contribution in [3.63, 3.8) is 0 Å². The monoisotopic (exact) mass is 212 g/mol. The van der Waals surface area contributed by atoms with E-state index in [4.69, 9.17) is 0 Å². The third-order valence-corrected chi connectivity index (χ3v) is 2.30. The first-order valence-electron chi connectivity index (χ1n) is 4.10. The maximum Gasteiger partial charge on any atom is 0.292 e. The zero-order valence-electron chi connectivity index (χ0n) is 7.32. The molecule has 1 amide bonds. The van der Waals surface area contributed by atoms with Gasteiger partial charge in [-0.05, 0) is 0 Å². The fourth-order valence-electron chi connectivity index (χ4n) is 1.63. The van der Waals surface area contributed by atoms with E-state index in [9.17, 15) is 24.1 Å². The Morgan fingerprint density at radius 3 is 2.80 bits per heavy atom. The number of amides is 1. The summed E-state index contributed by atoms with van der Waals surface area (Å²) in [6.45, 7) is 0. The second-order valence-corrected chi connectivity index (χ2v) is 3.22. The van der Waals surface area contributed by atoms with Crippen molar-refractivity contribution in [1.29, 1.82) is 0 Å². The number of ketones is 1. The highest BCUT2D eigenvalue weighted by Gasteiger charge is 2.44. The highest BCUT2D eigenvalue weighted by Crippen LogP contribution is 2.32. The molecule has 1 saturated heterocycles. The molecule has 2 aliphatic rings. The quantitative estimate of drug-likeness (QED) is 0.377. The van der Waals surface area contributed by atoms with E-state index in [0.29, 0.717) is 0 Å². The molecular weight excluding hydrogens is 207 g/mol. The largest absolute Gasteiger partial charge is 0.316 e. The van der Waals surface area contributed by atoms with E-state index in [0.717, 1.165) is 6.08 Å². The van der Waals surface area contributed by atoms with Gasteiger partial charge in [0.05, 0.1) is 10.8 Å².